The normalized spacial score (nSPS) is 17.8. The number of urea groups is 1. The van der Waals surface area contributed by atoms with Gasteiger partial charge in [0.25, 0.3) is 0 Å². The van der Waals surface area contributed by atoms with Gasteiger partial charge in [0.15, 0.2) is 5.82 Å². The Kier molecular flexibility index (Phi) is 4.83. The van der Waals surface area contributed by atoms with Gasteiger partial charge in [-0.25, -0.2) is 4.79 Å². The molecule has 0 radical (unpaired) electrons. The van der Waals surface area contributed by atoms with Crippen LogP contribution in [-0.2, 0) is 11.2 Å². The van der Waals surface area contributed by atoms with Gasteiger partial charge >= 0.3 is 6.03 Å². The van der Waals surface area contributed by atoms with E-state index in [2.05, 4.69) is 46.7 Å². The molecule has 1 aromatic heterocycles. The molecule has 1 aliphatic rings. The molecular formula is C17H20N4O2. The number of rotatable bonds is 3. The van der Waals surface area contributed by atoms with Crippen LogP contribution in [0.5, 0.6) is 0 Å². The number of ether oxygens (including phenoxy) is 1. The number of aryl methyl sites for hydroxylation is 1. The fourth-order valence-electron chi connectivity index (χ4n) is 2.56. The number of carbonyl (C=O) groups is 1. The third-order valence-corrected chi connectivity index (χ3v) is 3.92. The Labute approximate surface area is 135 Å². The summed E-state index contributed by atoms with van der Waals surface area (Å²) in [4.78, 5) is 14.1. The second kappa shape index (κ2) is 7.19. The molecule has 6 heteroatoms. The molecule has 1 N–H and O–H groups in total. The first-order chi connectivity index (χ1) is 11.3. The van der Waals surface area contributed by atoms with E-state index in [0.29, 0.717) is 25.5 Å². The molecule has 23 heavy (non-hydrogen) atoms. The molecule has 0 aliphatic carbocycles. The van der Waals surface area contributed by atoms with Crippen LogP contribution in [0.1, 0.15) is 24.2 Å². The zero-order valence-corrected chi connectivity index (χ0v) is 13.1. The Morgan fingerprint density at radius 3 is 2.87 bits per heavy atom. The van der Waals surface area contributed by atoms with Gasteiger partial charge in [0, 0.05) is 12.7 Å². The second-order valence-corrected chi connectivity index (χ2v) is 5.44. The van der Waals surface area contributed by atoms with Crippen LogP contribution in [0.2, 0.25) is 0 Å². The molecule has 1 saturated heterocycles. The van der Waals surface area contributed by atoms with E-state index in [9.17, 15) is 4.79 Å². The maximum atomic E-state index is 12.3. The van der Waals surface area contributed by atoms with Crippen molar-refractivity contribution in [2.45, 2.75) is 19.4 Å². The Morgan fingerprint density at radius 2 is 2.17 bits per heavy atom. The number of aromatic nitrogens is 2. The van der Waals surface area contributed by atoms with Crippen LogP contribution < -0.4 is 5.32 Å². The van der Waals surface area contributed by atoms with Gasteiger partial charge in [-0.05, 0) is 29.7 Å². The summed E-state index contributed by atoms with van der Waals surface area (Å²) in [5, 5.41) is 10.4. The van der Waals surface area contributed by atoms with Gasteiger partial charge in [-0.1, -0.05) is 31.2 Å². The van der Waals surface area contributed by atoms with Crippen LogP contribution >= 0.6 is 0 Å². The van der Waals surface area contributed by atoms with Crippen molar-refractivity contribution >= 4 is 11.8 Å². The van der Waals surface area contributed by atoms with Crippen molar-refractivity contribution in [1.29, 1.82) is 0 Å². The highest BCUT2D eigenvalue weighted by Crippen LogP contribution is 2.23. The summed E-state index contributed by atoms with van der Waals surface area (Å²) in [5.41, 5.74) is 2.39. The van der Waals surface area contributed by atoms with Crippen molar-refractivity contribution in [2.75, 3.05) is 25.0 Å². The highest BCUT2D eigenvalue weighted by molar-refractivity contribution is 5.88. The van der Waals surface area contributed by atoms with Gasteiger partial charge < -0.3 is 9.64 Å². The third kappa shape index (κ3) is 3.84. The van der Waals surface area contributed by atoms with E-state index in [1.807, 2.05) is 0 Å². The highest BCUT2D eigenvalue weighted by atomic mass is 16.5. The number of amides is 2. The molecule has 1 aromatic carbocycles. The monoisotopic (exact) mass is 312 g/mol. The van der Waals surface area contributed by atoms with Crippen LogP contribution in [0.4, 0.5) is 10.6 Å². The van der Waals surface area contributed by atoms with Crippen LogP contribution in [0.15, 0.2) is 42.6 Å². The summed E-state index contributed by atoms with van der Waals surface area (Å²) in [6.45, 7) is 3.74. The summed E-state index contributed by atoms with van der Waals surface area (Å²) >= 11 is 0. The first-order valence-corrected chi connectivity index (χ1v) is 7.80. The number of nitrogens with one attached hydrogen (secondary N) is 1. The summed E-state index contributed by atoms with van der Waals surface area (Å²) in [7, 11) is 0. The molecule has 1 unspecified atom stereocenters. The van der Waals surface area contributed by atoms with E-state index in [1.54, 1.807) is 23.2 Å². The lowest BCUT2D eigenvalue weighted by molar-refractivity contribution is -0.0135. The van der Waals surface area contributed by atoms with Crippen molar-refractivity contribution in [2.24, 2.45) is 0 Å². The topological polar surface area (TPSA) is 67.4 Å². The number of anilines is 1. The molecule has 1 atom stereocenters. The quantitative estimate of drug-likeness (QED) is 0.946. The number of hydrogen-bond acceptors (Lipinski definition) is 4. The van der Waals surface area contributed by atoms with Crippen LogP contribution in [0.25, 0.3) is 0 Å². The molecule has 6 nitrogen and oxygen atoms in total. The predicted octanol–water partition coefficient (Wildman–Crippen LogP) is 2.64. The van der Waals surface area contributed by atoms with Gasteiger partial charge in [-0.15, -0.1) is 5.10 Å². The van der Waals surface area contributed by atoms with Crippen LogP contribution in [0, 0.1) is 0 Å². The van der Waals surface area contributed by atoms with Crippen LogP contribution in [-0.4, -0.2) is 40.8 Å². The average molecular weight is 312 g/mol. The molecule has 2 aromatic rings. The van der Waals surface area contributed by atoms with E-state index in [-0.39, 0.29) is 12.1 Å². The SMILES string of the molecule is CCc1ccc(C2CN(C(=O)Nc3cccnn3)CCO2)cc1. The fourth-order valence-corrected chi connectivity index (χ4v) is 2.56. The zero-order valence-electron chi connectivity index (χ0n) is 13.1. The lowest BCUT2D eigenvalue weighted by Crippen LogP contribution is -2.44. The minimum absolute atomic E-state index is 0.0951. The number of carbonyl (C=O) groups excluding carboxylic acids is 1. The zero-order chi connectivity index (χ0) is 16.1. The Hall–Kier alpha value is -2.47. The van der Waals surface area contributed by atoms with Crippen molar-refractivity contribution in [1.82, 2.24) is 15.1 Å². The first kappa shape index (κ1) is 15.4. The number of nitrogens with zero attached hydrogens (tertiary/aromatic N) is 3. The van der Waals surface area contributed by atoms with E-state index in [1.165, 1.54) is 5.56 Å². The van der Waals surface area contributed by atoms with Crippen molar-refractivity contribution in [3.8, 4) is 0 Å². The van der Waals surface area contributed by atoms with Gasteiger partial charge in [0.2, 0.25) is 0 Å². The highest BCUT2D eigenvalue weighted by Gasteiger charge is 2.25. The molecule has 2 amide bonds. The van der Waals surface area contributed by atoms with Crippen molar-refractivity contribution in [3.63, 3.8) is 0 Å². The minimum atomic E-state index is -0.177. The first-order valence-electron chi connectivity index (χ1n) is 7.80. The largest absolute Gasteiger partial charge is 0.370 e. The number of morpholine rings is 1. The molecular weight excluding hydrogens is 292 g/mol. The third-order valence-electron chi connectivity index (χ3n) is 3.92. The van der Waals surface area contributed by atoms with E-state index in [4.69, 9.17) is 4.74 Å². The van der Waals surface area contributed by atoms with Gasteiger partial charge in [0.05, 0.1) is 13.2 Å². The molecule has 3 rings (SSSR count). The lowest BCUT2D eigenvalue weighted by atomic mass is 10.0. The maximum Gasteiger partial charge on any atom is 0.323 e. The molecule has 0 bridgehead atoms. The number of benzene rings is 1. The maximum absolute atomic E-state index is 12.3. The molecule has 0 saturated carbocycles. The molecule has 0 spiro atoms. The average Bonchev–Trinajstić information content (AvgIpc) is 2.63. The predicted molar refractivity (Wildman–Crippen MR) is 87.1 cm³/mol. The molecule has 1 aliphatic heterocycles. The summed E-state index contributed by atoms with van der Waals surface area (Å²) in [6, 6.07) is 11.6. The molecule has 1 fully saturated rings. The Morgan fingerprint density at radius 1 is 1.35 bits per heavy atom. The van der Waals surface area contributed by atoms with Gasteiger partial charge in [-0.3, -0.25) is 5.32 Å². The van der Waals surface area contributed by atoms with Gasteiger partial charge in [0.1, 0.15) is 6.10 Å². The molecule has 2 heterocycles. The summed E-state index contributed by atoms with van der Waals surface area (Å²) in [6.07, 6.45) is 2.49. The van der Waals surface area contributed by atoms with Crippen molar-refractivity contribution in [3.05, 3.63) is 53.7 Å². The summed E-state index contributed by atoms with van der Waals surface area (Å²) in [5.74, 6) is 0.452. The van der Waals surface area contributed by atoms with Crippen LogP contribution in [0.3, 0.4) is 0 Å². The van der Waals surface area contributed by atoms with E-state index in [0.717, 1.165) is 12.0 Å². The Bertz CT molecular complexity index is 645. The standard InChI is InChI=1S/C17H20N4O2/c1-2-13-5-7-14(8-6-13)15-12-21(10-11-23-15)17(22)19-16-4-3-9-18-20-16/h3-9,15H,2,10-12H2,1H3,(H,19,20,22). The van der Waals surface area contributed by atoms with Gasteiger partial charge in [-0.2, -0.15) is 5.10 Å². The van der Waals surface area contributed by atoms with Crippen molar-refractivity contribution < 1.29 is 9.53 Å². The van der Waals surface area contributed by atoms with E-state index >= 15 is 0 Å². The number of hydrogen-bond donors (Lipinski definition) is 1. The lowest BCUT2D eigenvalue weighted by Gasteiger charge is -2.33. The fraction of sp³-hybridized carbons (Fsp3) is 0.353. The molecule has 120 valence electrons. The minimum Gasteiger partial charge on any atom is -0.370 e. The smallest absolute Gasteiger partial charge is 0.323 e. The summed E-state index contributed by atoms with van der Waals surface area (Å²) < 4.78 is 5.82. The second-order valence-electron chi connectivity index (χ2n) is 5.44. The van der Waals surface area contributed by atoms with E-state index < -0.39 is 0 Å². The Balaban J connectivity index is 1.64.